The molecule has 9 heteroatoms. The van der Waals surface area contributed by atoms with E-state index in [4.69, 9.17) is 9.47 Å². The van der Waals surface area contributed by atoms with Crippen LogP contribution in [0.2, 0.25) is 0 Å². The van der Waals surface area contributed by atoms with Crippen LogP contribution in [0.15, 0.2) is 41.3 Å². The number of carbonyl (C=O) groups excluding carboxylic acids is 1. The zero-order chi connectivity index (χ0) is 20.9. The number of hydrogen-bond acceptors (Lipinski definition) is 6. The minimum atomic E-state index is -3.63. The van der Waals surface area contributed by atoms with Crippen LogP contribution in [0.1, 0.15) is 17.3 Å². The molecule has 0 heterocycles. The van der Waals surface area contributed by atoms with Crippen molar-refractivity contribution < 1.29 is 22.7 Å². The molecule has 8 nitrogen and oxygen atoms in total. The van der Waals surface area contributed by atoms with Crippen molar-refractivity contribution in [3.63, 3.8) is 0 Å². The fraction of sp³-hybridized carbons (Fsp3) is 0.316. The van der Waals surface area contributed by atoms with Crippen molar-refractivity contribution in [3.8, 4) is 11.5 Å². The molecule has 0 fully saturated rings. The minimum absolute atomic E-state index is 0.0850. The Labute approximate surface area is 165 Å². The van der Waals surface area contributed by atoms with Crippen LogP contribution >= 0.6 is 0 Å². The second-order valence-electron chi connectivity index (χ2n) is 6.05. The number of benzene rings is 2. The summed E-state index contributed by atoms with van der Waals surface area (Å²) in [5.41, 5.74) is 1.33. The fourth-order valence-electron chi connectivity index (χ4n) is 2.51. The van der Waals surface area contributed by atoms with Crippen molar-refractivity contribution in [1.29, 1.82) is 0 Å². The van der Waals surface area contributed by atoms with Crippen molar-refractivity contribution in [2.75, 3.05) is 45.5 Å². The van der Waals surface area contributed by atoms with E-state index in [0.29, 0.717) is 35.0 Å². The Morgan fingerprint density at radius 1 is 1.00 bits per heavy atom. The molecular weight excluding hydrogens is 382 g/mol. The molecule has 0 saturated carbocycles. The standard InChI is InChI=1S/C19H25N3O5S/c1-6-20-15-9-8-14(28(24,25)22(2)3)12-16(15)21-19(23)13-7-10-17(26-4)18(11-13)27-5/h7-12,20H,6H2,1-5H3,(H,21,23). The van der Waals surface area contributed by atoms with E-state index in [2.05, 4.69) is 10.6 Å². The molecule has 28 heavy (non-hydrogen) atoms. The maximum atomic E-state index is 12.7. The molecule has 0 spiro atoms. The summed E-state index contributed by atoms with van der Waals surface area (Å²) in [5.74, 6) is 0.525. The Hall–Kier alpha value is -2.78. The summed E-state index contributed by atoms with van der Waals surface area (Å²) in [6, 6.07) is 9.35. The molecule has 152 valence electrons. The number of anilines is 2. The number of sulfonamides is 1. The van der Waals surface area contributed by atoms with Gasteiger partial charge in [0.2, 0.25) is 10.0 Å². The number of hydrogen-bond donors (Lipinski definition) is 2. The highest BCUT2D eigenvalue weighted by Crippen LogP contribution is 2.30. The molecule has 2 aromatic rings. The fourth-order valence-corrected chi connectivity index (χ4v) is 3.44. The summed E-state index contributed by atoms with van der Waals surface area (Å²) in [6.45, 7) is 2.52. The molecule has 1 amide bonds. The summed E-state index contributed by atoms with van der Waals surface area (Å²) in [5, 5.41) is 5.88. The Kier molecular flexibility index (Phi) is 6.87. The highest BCUT2D eigenvalue weighted by molar-refractivity contribution is 7.89. The summed E-state index contributed by atoms with van der Waals surface area (Å²) in [4.78, 5) is 12.8. The number of ether oxygens (including phenoxy) is 2. The van der Waals surface area contributed by atoms with E-state index in [-0.39, 0.29) is 4.90 Å². The summed E-state index contributed by atoms with van der Waals surface area (Å²) in [6.07, 6.45) is 0. The number of carbonyl (C=O) groups is 1. The van der Waals surface area contributed by atoms with Crippen LogP contribution in [0.3, 0.4) is 0 Å². The largest absolute Gasteiger partial charge is 0.493 e. The first kappa shape index (κ1) is 21.5. The molecule has 0 aromatic heterocycles. The summed E-state index contributed by atoms with van der Waals surface area (Å²) in [7, 11) is 2.27. The second kappa shape index (κ2) is 8.94. The van der Waals surface area contributed by atoms with Gasteiger partial charge in [-0.25, -0.2) is 12.7 Å². The SMILES string of the molecule is CCNc1ccc(S(=O)(=O)N(C)C)cc1NC(=O)c1ccc(OC)c(OC)c1. The average molecular weight is 407 g/mol. The highest BCUT2D eigenvalue weighted by Gasteiger charge is 2.20. The third-order valence-corrected chi connectivity index (χ3v) is 5.84. The van der Waals surface area contributed by atoms with Crippen LogP contribution in [0, 0.1) is 0 Å². The van der Waals surface area contributed by atoms with Gasteiger partial charge in [-0.05, 0) is 43.3 Å². The van der Waals surface area contributed by atoms with Gasteiger partial charge in [-0.1, -0.05) is 0 Å². The Balaban J connectivity index is 2.42. The van der Waals surface area contributed by atoms with Gasteiger partial charge in [0.15, 0.2) is 11.5 Å². The molecule has 0 bridgehead atoms. The molecule has 2 rings (SSSR count). The first-order chi connectivity index (χ1) is 13.2. The van der Waals surface area contributed by atoms with Crippen LogP contribution in [0.5, 0.6) is 11.5 Å². The summed E-state index contributed by atoms with van der Waals surface area (Å²) < 4.78 is 36.4. The number of methoxy groups -OCH3 is 2. The van der Waals surface area contributed by atoms with Gasteiger partial charge in [0.25, 0.3) is 5.91 Å². The van der Waals surface area contributed by atoms with Crippen LogP contribution in [-0.4, -0.2) is 53.5 Å². The first-order valence-corrected chi connectivity index (χ1v) is 10.0. The molecule has 0 atom stereocenters. The van der Waals surface area contributed by atoms with Gasteiger partial charge in [-0.2, -0.15) is 0 Å². The van der Waals surface area contributed by atoms with Gasteiger partial charge in [0.1, 0.15) is 0 Å². The Morgan fingerprint density at radius 3 is 2.25 bits per heavy atom. The van der Waals surface area contributed by atoms with Gasteiger partial charge < -0.3 is 20.1 Å². The minimum Gasteiger partial charge on any atom is -0.493 e. The molecule has 0 radical (unpaired) electrons. The molecular formula is C19H25N3O5S. The van der Waals surface area contributed by atoms with Gasteiger partial charge in [0, 0.05) is 26.2 Å². The zero-order valence-corrected chi connectivity index (χ0v) is 17.4. The topological polar surface area (TPSA) is 97.0 Å². The van der Waals surface area contributed by atoms with E-state index < -0.39 is 15.9 Å². The lowest BCUT2D eigenvalue weighted by molar-refractivity contribution is 0.102. The highest BCUT2D eigenvalue weighted by atomic mass is 32.2. The lowest BCUT2D eigenvalue weighted by Crippen LogP contribution is -2.22. The van der Waals surface area contributed by atoms with Crippen molar-refractivity contribution >= 4 is 27.3 Å². The maximum Gasteiger partial charge on any atom is 0.255 e. The van der Waals surface area contributed by atoms with Gasteiger partial charge in [-0.15, -0.1) is 0 Å². The monoisotopic (exact) mass is 407 g/mol. The zero-order valence-electron chi connectivity index (χ0n) is 16.6. The maximum absolute atomic E-state index is 12.7. The summed E-state index contributed by atoms with van der Waals surface area (Å²) >= 11 is 0. The van der Waals surface area contributed by atoms with E-state index in [1.165, 1.54) is 40.4 Å². The van der Waals surface area contributed by atoms with Crippen LogP contribution in [-0.2, 0) is 10.0 Å². The van der Waals surface area contributed by atoms with Crippen molar-refractivity contribution in [1.82, 2.24) is 4.31 Å². The molecule has 0 aliphatic carbocycles. The lowest BCUT2D eigenvalue weighted by Gasteiger charge is -2.16. The molecule has 0 aliphatic heterocycles. The lowest BCUT2D eigenvalue weighted by atomic mass is 10.1. The van der Waals surface area contributed by atoms with Crippen molar-refractivity contribution in [3.05, 3.63) is 42.0 Å². The van der Waals surface area contributed by atoms with E-state index in [1.807, 2.05) is 6.92 Å². The second-order valence-corrected chi connectivity index (χ2v) is 8.20. The molecule has 0 unspecified atom stereocenters. The predicted molar refractivity (Wildman–Crippen MR) is 109 cm³/mol. The van der Waals surface area contributed by atoms with E-state index >= 15 is 0 Å². The Morgan fingerprint density at radius 2 is 1.68 bits per heavy atom. The smallest absolute Gasteiger partial charge is 0.255 e. The molecule has 0 saturated heterocycles. The van der Waals surface area contributed by atoms with E-state index in [9.17, 15) is 13.2 Å². The Bertz CT molecular complexity index is 958. The van der Waals surface area contributed by atoms with Crippen LogP contribution in [0.25, 0.3) is 0 Å². The third kappa shape index (κ3) is 4.55. The van der Waals surface area contributed by atoms with Crippen LogP contribution < -0.4 is 20.1 Å². The van der Waals surface area contributed by atoms with E-state index in [1.54, 1.807) is 24.3 Å². The number of nitrogens with zero attached hydrogens (tertiary/aromatic N) is 1. The normalized spacial score (nSPS) is 11.2. The molecule has 2 N–H and O–H groups in total. The molecule has 0 aliphatic rings. The average Bonchev–Trinajstić information content (AvgIpc) is 2.68. The molecule has 2 aromatic carbocycles. The quantitative estimate of drug-likeness (QED) is 0.698. The van der Waals surface area contributed by atoms with Gasteiger partial charge in [0.05, 0.1) is 30.5 Å². The predicted octanol–water partition coefficient (Wildman–Crippen LogP) is 2.64. The van der Waals surface area contributed by atoms with Crippen LogP contribution in [0.4, 0.5) is 11.4 Å². The van der Waals surface area contributed by atoms with E-state index in [0.717, 1.165) is 4.31 Å². The third-order valence-electron chi connectivity index (χ3n) is 4.03. The van der Waals surface area contributed by atoms with Crippen molar-refractivity contribution in [2.24, 2.45) is 0 Å². The van der Waals surface area contributed by atoms with Gasteiger partial charge in [-0.3, -0.25) is 4.79 Å². The number of nitrogens with one attached hydrogen (secondary N) is 2. The first-order valence-electron chi connectivity index (χ1n) is 8.58. The number of amides is 1. The van der Waals surface area contributed by atoms with Crippen molar-refractivity contribution in [2.45, 2.75) is 11.8 Å². The number of rotatable bonds is 8. The van der Waals surface area contributed by atoms with Gasteiger partial charge >= 0.3 is 0 Å².